The highest BCUT2D eigenvalue weighted by Crippen LogP contribution is 2.32. The lowest BCUT2D eigenvalue weighted by Crippen LogP contribution is -2.51. The Labute approximate surface area is 237 Å². The topological polar surface area (TPSA) is 182 Å². The maximum atomic E-state index is 12.9. The number of nitrogens with zero attached hydrogens (tertiary/aromatic N) is 1. The number of nitrogens with two attached hydrogens (primary N) is 1. The van der Waals surface area contributed by atoms with Crippen LogP contribution in [-0.4, -0.2) is 73.7 Å². The molecule has 1 aliphatic carbocycles. The summed E-state index contributed by atoms with van der Waals surface area (Å²) in [6.45, 7) is 0.217. The van der Waals surface area contributed by atoms with Gasteiger partial charge in [-0.2, -0.15) is 5.26 Å². The molecule has 1 aromatic rings. The van der Waals surface area contributed by atoms with Gasteiger partial charge in [-0.3, -0.25) is 9.59 Å². The van der Waals surface area contributed by atoms with E-state index >= 15 is 0 Å². The fourth-order valence-corrected chi connectivity index (χ4v) is 3.96. The molecule has 3 atom stereocenters. The molecular weight excluding hydrogens is 609 g/mol. The van der Waals surface area contributed by atoms with Gasteiger partial charge in [0.25, 0.3) is 0 Å². The summed E-state index contributed by atoms with van der Waals surface area (Å²) in [5.41, 5.74) is 5.65. The number of hydrogen-bond acceptors (Lipinski definition) is 8. The summed E-state index contributed by atoms with van der Waals surface area (Å²) in [5, 5.41) is 16.6. The van der Waals surface area contributed by atoms with Crippen molar-refractivity contribution in [1.29, 1.82) is 5.26 Å². The van der Waals surface area contributed by atoms with Gasteiger partial charge in [0.15, 0.2) is 12.2 Å². The van der Waals surface area contributed by atoms with Crippen LogP contribution in [0, 0.1) is 11.3 Å². The highest BCUT2D eigenvalue weighted by Gasteiger charge is 2.42. The van der Waals surface area contributed by atoms with E-state index in [9.17, 15) is 19.2 Å². The molecule has 0 fully saturated rings. The van der Waals surface area contributed by atoms with E-state index in [1.165, 1.54) is 24.3 Å². The SMILES string of the molecule is N#Cc1ccc(OC2C=C(C(=O)NCCC(N)=O)CC(OC(=O)NCCCl)C2OC(=O)NCCCl)c(Br)c1. The molecule has 0 aliphatic heterocycles. The van der Waals surface area contributed by atoms with E-state index in [0.717, 1.165) is 0 Å². The number of nitrogens with one attached hydrogen (secondary N) is 3. The molecule has 1 aliphatic rings. The monoisotopic (exact) mass is 633 g/mol. The first-order valence-corrected chi connectivity index (χ1v) is 13.2. The lowest BCUT2D eigenvalue weighted by atomic mass is 9.91. The van der Waals surface area contributed by atoms with Crippen LogP contribution in [0.4, 0.5) is 9.59 Å². The van der Waals surface area contributed by atoms with Gasteiger partial charge in [0.2, 0.25) is 11.8 Å². The summed E-state index contributed by atoms with van der Waals surface area (Å²) in [7, 11) is 0. The lowest BCUT2D eigenvalue weighted by Gasteiger charge is -2.35. The Hall–Kier alpha value is -3.21. The van der Waals surface area contributed by atoms with Gasteiger partial charge in [0.05, 0.1) is 16.1 Å². The van der Waals surface area contributed by atoms with E-state index in [1.54, 1.807) is 0 Å². The average Bonchev–Trinajstić information content (AvgIpc) is 2.88. The molecule has 0 saturated heterocycles. The van der Waals surface area contributed by atoms with Crippen molar-refractivity contribution >= 4 is 63.1 Å². The number of ether oxygens (including phenoxy) is 3. The van der Waals surface area contributed by atoms with Gasteiger partial charge in [-0.05, 0) is 40.2 Å². The van der Waals surface area contributed by atoms with Crippen LogP contribution < -0.4 is 26.4 Å². The molecule has 0 bridgehead atoms. The number of halogens is 3. The number of carbonyl (C=O) groups excluding carboxylic acids is 4. The fraction of sp³-hybridized carbons (Fsp3) is 0.435. The summed E-state index contributed by atoms with van der Waals surface area (Å²) in [5.74, 6) is -0.622. The van der Waals surface area contributed by atoms with Crippen molar-refractivity contribution in [3.05, 3.63) is 39.9 Å². The van der Waals surface area contributed by atoms with E-state index in [2.05, 4.69) is 31.9 Å². The van der Waals surface area contributed by atoms with Crippen LogP contribution in [0.5, 0.6) is 5.75 Å². The Balaban J connectivity index is 2.42. The van der Waals surface area contributed by atoms with Crippen LogP contribution >= 0.6 is 39.1 Å². The molecule has 0 radical (unpaired) electrons. The molecule has 12 nitrogen and oxygen atoms in total. The second-order valence-electron chi connectivity index (χ2n) is 7.75. The Morgan fingerprint density at radius 1 is 1.05 bits per heavy atom. The van der Waals surface area contributed by atoms with Crippen LogP contribution in [0.1, 0.15) is 18.4 Å². The number of alkyl carbamates (subject to hydrolysis) is 2. The van der Waals surface area contributed by atoms with Crippen molar-refractivity contribution in [2.24, 2.45) is 5.73 Å². The normalized spacial score (nSPS) is 18.3. The average molecular weight is 635 g/mol. The Morgan fingerprint density at radius 2 is 1.71 bits per heavy atom. The number of primary amides is 1. The number of benzene rings is 1. The predicted octanol–water partition coefficient (Wildman–Crippen LogP) is 2.06. The van der Waals surface area contributed by atoms with Gasteiger partial charge in [-0.25, -0.2) is 9.59 Å². The van der Waals surface area contributed by atoms with Crippen LogP contribution in [-0.2, 0) is 19.1 Å². The van der Waals surface area contributed by atoms with Gasteiger partial charge in [0, 0.05) is 49.8 Å². The molecule has 2 rings (SSSR count). The van der Waals surface area contributed by atoms with Crippen molar-refractivity contribution in [3.63, 3.8) is 0 Å². The van der Waals surface area contributed by atoms with E-state index in [0.29, 0.717) is 10.0 Å². The van der Waals surface area contributed by atoms with Gasteiger partial charge in [0.1, 0.15) is 11.9 Å². The molecular formula is C23H26BrCl2N5O7. The molecule has 15 heteroatoms. The van der Waals surface area contributed by atoms with Gasteiger partial charge >= 0.3 is 12.2 Å². The van der Waals surface area contributed by atoms with Crippen LogP contribution in [0.2, 0.25) is 0 Å². The van der Waals surface area contributed by atoms with Crippen molar-refractivity contribution in [3.8, 4) is 11.8 Å². The second-order valence-corrected chi connectivity index (χ2v) is 9.36. The van der Waals surface area contributed by atoms with E-state index in [4.69, 9.17) is 48.4 Å². The fourth-order valence-electron chi connectivity index (χ4n) is 3.30. The summed E-state index contributed by atoms with van der Waals surface area (Å²) < 4.78 is 17.5. The largest absolute Gasteiger partial charge is 0.481 e. The molecule has 3 unspecified atom stereocenters. The molecule has 5 N–H and O–H groups in total. The minimum Gasteiger partial charge on any atom is -0.481 e. The Morgan fingerprint density at radius 3 is 2.29 bits per heavy atom. The van der Waals surface area contributed by atoms with Gasteiger partial charge in [-0.1, -0.05) is 0 Å². The highest BCUT2D eigenvalue weighted by molar-refractivity contribution is 9.10. The van der Waals surface area contributed by atoms with Crippen molar-refractivity contribution in [1.82, 2.24) is 16.0 Å². The third-order valence-corrected chi connectivity index (χ3v) is 5.98. The zero-order valence-corrected chi connectivity index (χ0v) is 23.1. The lowest BCUT2D eigenvalue weighted by molar-refractivity contribution is -0.119. The van der Waals surface area contributed by atoms with Gasteiger partial charge in [-0.15, -0.1) is 23.2 Å². The van der Waals surface area contributed by atoms with Crippen LogP contribution in [0.15, 0.2) is 34.3 Å². The second kappa shape index (κ2) is 15.9. The molecule has 0 saturated carbocycles. The molecule has 4 amide bonds. The number of alkyl halides is 2. The van der Waals surface area contributed by atoms with Crippen molar-refractivity contribution in [2.45, 2.75) is 31.2 Å². The van der Waals surface area contributed by atoms with Gasteiger partial charge < -0.3 is 35.9 Å². The number of amides is 4. The molecule has 38 heavy (non-hydrogen) atoms. The number of hydrogen-bond donors (Lipinski definition) is 4. The zero-order valence-electron chi connectivity index (χ0n) is 20.0. The first-order valence-electron chi connectivity index (χ1n) is 11.3. The van der Waals surface area contributed by atoms with Crippen molar-refractivity contribution in [2.75, 3.05) is 31.4 Å². The predicted molar refractivity (Wildman–Crippen MR) is 141 cm³/mol. The van der Waals surface area contributed by atoms with E-state index in [1.807, 2.05) is 6.07 Å². The maximum Gasteiger partial charge on any atom is 0.407 e. The number of rotatable bonds is 12. The third kappa shape index (κ3) is 9.92. The first kappa shape index (κ1) is 31.0. The van der Waals surface area contributed by atoms with E-state index < -0.39 is 42.3 Å². The zero-order chi connectivity index (χ0) is 28.1. The number of carbonyl (C=O) groups is 4. The summed E-state index contributed by atoms with van der Waals surface area (Å²) in [4.78, 5) is 48.7. The Bertz CT molecular complexity index is 1100. The quantitative estimate of drug-likeness (QED) is 0.252. The summed E-state index contributed by atoms with van der Waals surface area (Å²) >= 11 is 14.6. The minimum atomic E-state index is -1.20. The molecule has 0 spiro atoms. The summed E-state index contributed by atoms with van der Waals surface area (Å²) in [6.07, 6.45) is -3.95. The molecule has 0 aromatic heterocycles. The Kier molecular flexibility index (Phi) is 13.0. The smallest absolute Gasteiger partial charge is 0.407 e. The third-order valence-electron chi connectivity index (χ3n) is 4.98. The van der Waals surface area contributed by atoms with Crippen LogP contribution in [0.3, 0.4) is 0 Å². The standard InChI is InChI=1S/C23H26BrCl2N5O7/c24-15-9-13(12-27)1-2-16(15)36-17-10-14(21(33)29-6-3-19(28)32)11-18(37-22(34)30-7-4-25)20(17)38-23(35)31-8-5-26/h1-2,9-10,17-18,20H,3-8,11H2,(H2,28,32)(H,29,33)(H,30,34)(H,31,35). The minimum absolute atomic E-state index is 0.0132. The maximum absolute atomic E-state index is 12.9. The first-order chi connectivity index (χ1) is 18.2. The number of nitriles is 1. The molecule has 1 aromatic carbocycles. The van der Waals surface area contributed by atoms with Crippen LogP contribution in [0.25, 0.3) is 0 Å². The van der Waals surface area contributed by atoms with E-state index in [-0.39, 0.29) is 55.6 Å². The molecule has 206 valence electrons. The summed E-state index contributed by atoms with van der Waals surface area (Å²) in [6, 6.07) is 6.56. The highest BCUT2D eigenvalue weighted by atomic mass is 79.9. The van der Waals surface area contributed by atoms with Crippen molar-refractivity contribution < 1.29 is 33.4 Å². The molecule has 0 heterocycles.